The molecule has 4 N–H and O–H groups in total. The molecule has 0 bridgehead atoms. The van der Waals surface area contributed by atoms with E-state index >= 15 is 0 Å². The van der Waals surface area contributed by atoms with E-state index in [9.17, 15) is 14.2 Å². The number of benzene rings is 4. The highest BCUT2D eigenvalue weighted by Crippen LogP contribution is 2.38. The normalized spacial score (nSPS) is 11.6. The van der Waals surface area contributed by atoms with Gasteiger partial charge in [-0.15, -0.1) is 0 Å². The quantitative estimate of drug-likeness (QED) is 0.120. The predicted molar refractivity (Wildman–Crippen MR) is 200 cm³/mol. The third-order valence-corrected chi connectivity index (χ3v) is 9.69. The maximum absolute atomic E-state index is 13.4. The summed E-state index contributed by atoms with van der Waals surface area (Å²) in [5.74, 6) is 1.71. The predicted octanol–water partition coefficient (Wildman–Crippen LogP) is 7.85. The number of aromatic nitrogens is 1. The molecular weight excluding hydrogens is 651 g/mol. The summed E-state index contributed by atoms with van der Waals surface area (Å²) < 4.78 is 30.3. The average molecular weight is 695 g/mol. The van der Waals surface area contributed by atoms with Crippen LogP contribution in [0.5, 0.6) is 23.0 Å². The van der Waals surface area contributed by atoms with Gasteiger partial charge in [0, 0.05) is 46.0 Å². The summed E-state index contributed by atoms with van der Waals surface area (Å²) in [6.45, 7) is 9.61. The highest BCUT2D eigenvalue weighted by Gasteiger charge is 2.22. The molecule has 0 saturated heterocycles. The van der Waals surface area contributed by atoms with Crippen LogP contribution in [0.3, 0.4) is 0 Å². The van der Waals surface area contributed by atoms with E-state index in [-0.39, 0.29) is 11.8 Å². The molecule has 3 amide bonds. The Balaban J connectivity index is 1.39. The molecule has 1 heterocycles. The molecule has 0 spiro atoms. The number of primary amides is 1. The first-order valence-corrected chi connectivity index (χ1v) is 18.7. The van der Waals surface area contributed by atoms with Crippen molar-refractivity contribution >= 4 is 46.5 Å². The molecule has 0 saturated carbocycles. The number of carbonyl (C=O) groups excluding carboxylic acids is 2. The maximum Gasteiger partial charge on any atom is 0.323 e. The van der Waals surface area contributed by atoms with E-state index in [1.54, 1.807) is 44.8 Å². The van der Waals surface area contributed by atoms with Crippen molar-refractivity contribution < 1.29 is 28.4 Å². The van der Waals surface area contributed by atoms with Crippen LogP contribution in [-0.4, -0.2) is 44.5 Å². The molecular formula is C39H43N4O6P. The van der Waals surface area contributed by atoms with Gasteiger partial charge in [-0.2, -0.15) is 0 Å². The van der Waals surface area contributed by atoms with Gasteiger partial charge >= 0.3 is 6.03 Å². The molecule has 0 fully saturated rings. The van der Waals surface area contributed by atoms with Gasteiger partial charge in [0.2, 0.25) is 5.91 Å². The number of anilines is 2. The zero-order valence-electron chi connectivity index (χ0n) is 29.4. The van der Waals surface area contributed by atoms with E-state index in [4.69, 9.17) is 19.9 Å². The second kappa shape index (κ2) is 14.6. The largest absolute Gasteiger partial charge is 0.497 e. The van der Waals surface area contributed by atoms with E-state index in [1.165, 1.54) is 7.11 Å². The lowest BCUT2D eigenvalue weighted by Gasteiger charge is -2.23. The Morgan fingerprint density at radius 3 is 2.22 bits per heavy atom. The third kappa shape index (κ3) is 8.62. The Morgan fingerprint density at radius 1 is 0.840 bits per heavy atom. The van der Waals surface area contributed by atoms with Gasteiger partial charge in [-0.25, -0.2) is 4.79 Å². The first-order valence-electron chi connectivity index (χ1n) is 16.1. The summed E-state index contributed by atoms with van der Waals surface area (Å²) in [6, 6.07) is 23.8. The molecule has 11 heteroatoms. The number of nitrogens with two attached hydrogens (primary N) is 1. The molecule has 0 aliphatic carbocycles. The summed E-state index contributed by atoms with van der Waals surface area (Å²) in [5.41, 5.74) is 9.46. The van der Waals surface area contributed by atoms with Gasteiger partial charge in [-0.05, 0) is 72.3 Å². The Morgan fingerprint density at radius 2 is 1.56 bits per heavy atom. The minimum absolute atomic E-state index is 0.0305. The topological polar surface area (TPSA) is 142 Å². The molecule has 0 atom stereocenters. The van der Waals surface area contributed by atoms with Gasteiger partial charge in [-0.3, -0.25) is 9.78 Å². The minimum atomic E-state index is -2.49. The van der Waals surface area contributed by atoms with Crippen molar-refractivity contribution in [3.05, 3.63) is 107 Å². The van der Waals surface area contributed by atoms with Crippen LogP contribution in [-0.2, 0) is 27.6 Å². The van der Waals surface area contributed by atoms with E-state index in [1.807, 2.05) is 81.4 Å². The number of hydrogen-bond donors (Lipinski definition) is 3. The number of fused-ring (bicyclic) bond motifs is 1. The van der Waals surface area contributed by atoms with E-state index in [2.05, 4.69) is 15.6 Å². The van der Waals surface area contributed by atoms with Gasteiger partial charge in [-0.1, -0.05) is 51.1 Å². The number of hydrogen-bond acceptors (Lipinski definition) is 7. The Kier molecular flexibility index (Phi) is 10.5. The van der Waals surface area contributed by atoms with Crippen LogP contribution in [0.1, 0.15) is 43.2 Å². The molecule has 5 aromatic rings. The van der Waals surface area contributed by atoms with Crippen molar-refractivity contribution in [2.45, 2.75) is 39.0 Å². The Labute approximate surface area is 292 Å². The summed E-state index contributed by atoms with van der Waals surface area (Å²) in [6.07, 6.45) is 2.15. The molecule has 5 rings (SSSR count). The SMILES string of the molecule is COc1cc(Cc2cc(Oc3ccc(NC(=O)Nc4cc(C(C)(C)C)cc(CC(N)=O)c4OC)c4ccccc34)ccn2)cc(P(C)(C)=O)c1. The van der Waals surface area contributed by atoms with Crippen molar-refractivity contribution in [1.82, 2.24) is 4.98 Å². The number of pyridine rings is 1. The van der Waals surface area contributed by atoms with Crippen molar-refractivity contribution in [3.8, 4) is 23.0 Å². The number of urea groups is 1. The number of rotatable bonds is 11. The van der Waals surface area contributed by atoms with Gasteiger partial charge < -0.3 is 35.1 Å². The number of nitrogens with one attached hydrogen (secondary N) is 2. The Bertz CT molecular complexity index is 2120. The number of ether oxygens (including phenoxy) is 3. The number of amides is 3. The molecule has 4 aromatic carbocycles. The smallest absolute Gasteiger partial charge is 0.323 e. The van der Waals surface area contributed by atoms with Gasteiger partial charge in [0.1, 0.15) is 30.1 Å². The number of nitrogens with zero attached hydrogens (tertiary/aromatic N) is 1. The van der Waals surface area contributed by atoms with E-state index in [0.717, 1.165) is 32.9 Å². The Hall–Kier alpha value is -5.34. The summed E-state index contributed by atoms with van der Waals surface area (Å²) in [4.78, 5) is 29.8. The monoisotopic (exact) mass is 694 g/mol. The lowest BCUT2D eigenvalue weighted by molar-refractivity contribution is -0.117. The zero-order valence-corrected chi connectivity index (χ0v) is 30.3. The summed E-state index contributed by atoms with van der Waals surface area (Å²) >= 11 is 0. The van der Waals surface area contributed by atoms with Crippen molar-refractivity contribution in [2.75, 3.05) is 38.2 Å². The van der Waals surface area contributed by atoms with Crippen molar-refractivity contribution in [3.63, 3.8) is 0 Å². The highest BCUT2D eigenvalue weighted by atomic mass is 31.2. The number of methoxy groups -OCH3 is 2. The van der Waals surface area contributed by atoms with E-state index < -0.39 is 19.1 Å². The van der Waals surface area contributed by atoms with Crippen LogP contribution >= 0.6 is 7.14 Å². The maximum atomic E-state index is 13.4. The molecule has 0 unspecified atom stereocenters. The summed E-state index contributed by atoms with van der Waals surface area (Å²) in [5, 5.41) is 8.18. The van der Waals surface area contributed by atoms with Crippen molar-refractivity contribution in [2.24, 2.45) is 5.73 Å². The van der Waals surface area contributed by atoms with E-state index in [0.29, 0.717) is 46.4 Å². The van der Waals surface area contributed by atoms with Crippen molar-refractivity contribution in [1.29, 1.82) is 0 Å². The molecule has 0 aliphatic rings. The van der Waals surface area contributed by atoms with Gasteiger partial charge in [0.25, 0.3) is 0 Å². The van der Waals surface area contributed by atoms with Crippen LogP contribution in [0, 0.1) is 0 Å². The molecule has 10 nitrogen and oxygen atoms in total. The second-order valence-electron chi connectivity index (χ2n) is 13.5. The van der Waals surface area contributed by atoms with Crippen LogP contribution in [0.2, 0.25) is 0 Å². The lowest BCUT2D eigenvalue weighted by atomic mass is 9.85. The molecule has 1 aromatic heterocycles. The molecule has 50 heavy (non-hydrogen) atoms. The molecule has 0 radical (unpaired) electrons. The van der Waals surface area contributed by atoms with Gasteiger partial charge in [0.05, 0.1) is 32.0 Å². The standard InChI is InChI=1S/C39H43N4O6P/c1-39(2,3)26-19-25(20-36(40)44)37(48-5)34(21-26)43-38(45)42-33-12-13-35(32-11-9-8-10-31(32)33)49-28-14-15-41-27(22-28)16-24-17-29(47-4)23-30(18-24)50(6,7)46/h8-15,17-19,21-23H,16,20H2,1-7H3,(H2,40,44)(H2,42,43,45). The minimum Gasteiger partial charge on any atom is -0.497 e. The van der Waals surface area contributed by atoms with Crippen LogP contribution in [0.25, 0.3) is 10.8 Å². The fraction of sp³-hybridized carbons (Fsp3) is 0.256. The first-order chi connectivity index (χ1) is 23.6. The average Bonchev–Trinajstić information content (AvgIpc) is 3.04. The third-order valence-electron chi connectivity index (χ3n) is 8.19. The summed E-state index contributed by atoms with van der Waals surface area (Å²) in [7, 11) is 0.587. The second-order valence-corrected chi connectivity index (χ2v) is 16.7. The van der Waals surface area contributed by atoms with Crippen LogP contribution in [0.4, 0.5) is 16.2 Å². The first kappa shape index (κ1) is 36.0. The molecule has 260 valence electrons. The fourth-order valence-electron chi connectivity index (χ4n) is 5.65. The number of carbonyl (C=O) groups is 2. The molecule has 0 aliphatic heterocycles. The fourth-order valence-corrected chi connectivity index (χ4v) is 6.56. The highest BCUT2D eigenvalue weighted by molar-refractivity contribution is 7.70. The van der Waals surface area contributed by atoms with Gasteiger partial charge in [0.15, 0.2) is 0 Å². The lowest BCUT2D eigenvalue weighted by Crippen LogP contribution is -2.22. The van der Waals surface area contributed by atoms with Crippen LogP contribution in [0.15, 0.2) is 85.1 Å². The van der Waals surface area contributed by atoms with Crippen LogP contribution < -0.4 is 35.9 Å². The zero-order chi connectivity index (χ0) is 36.2.